The molecule has 0 heteroatoms. The Hall–Kier alpha value is -0.520. The summed E-state index contributed by atoms with van der Waals surface area (Å²) in [4.78, 5) is 0. The van der Waals surface area contributed by atoms with Crippen molar-refractivity contribution < 1.29 is 0 Å². The average Bonchev–Trinajstić information content (AvgIpc) is 1.85. The van der Waals surface area contributed by atoms with E-state index in [-0.39, 0.29) is 0 Å². The van der Waals surface area contributed by atoms with E-state index < -0.39 is 0 Å². The van der Waals surface area contributed by atoms with Gasteiger partial charge in [0.05, 0.1) is 0 Å². The second-order valence-electron chi connectivity index (χ2n) is 3.28. The number of hydrogen-bond donors (Lipinski definition) is 0. The lowest BCUT2D eigenvalue weighted by molar-refractivity contribution is 0.608. The Morgan fingerprint density at radius 3 is 2.20 bits per heavy atom. The minimum Gasteiger partial charge on any atom is -0.102 e. The van der Waals surface area contributed by atoms with E-state index in [1.807, 2.05) is 6.08 Å². The predicted octanol–water partition coefficient (Wildman–Crippen LogP) is 3.41. The summed E-state index contributed by atoms with van der Waals surface area (Å²) in [7, 11) is 0. The fourth-order valence-electron chi connectivity index (χ4n) is 0.877. The van der Waals surface area contributed by atoms with E-state index in [1.165, 1.54) is 5.57 Å². The topological polar surface area (TPSA) is 0 Å². The van der Waals surface area contributed by atoms with E-state index in [1.54, 1.807) is 0 Å². The van der Waals surface area contributed by atoms with Crippen molar-refractivity contribution >= 4 is 0 Å². The van der Waals surface area contributed by atoms with Crippen molar-refractivity contribution in [2.75, 3.05) is 0 Å². The van der Waals surface area contributed by atoms with E-state index in [2.05, 4.69) is 33.9 Å². The summed E-state index contributed by atoms with van der Waals surface area (Å²) in [6, 6.07) is 0. The quantitative estimate of drug-likeness (QED) is 0.522. The van der Waals surface area contributed by atoms with Crippen molar-refractivity contribution in [1.82, 2.24) is 0 Å². The average molecular weight is 138 g/mol. The summed E-state index contributed by atoms with van der Waals surface area (Å²) >= 11 is 0. The summed E-state index contributed by atoms with van der Waals surface area (Å²) in [6.07, 6.45) is 3.07. The van der Waals surface area contributed by atoms with Gasteiger partial charge in [0.1, 0.15) is 0 Å². The second kappa shape index (κ2) is 4.32. The number of allylic oxidation sites excluding steroid dienone is 2. The molecule has 0 nitrogen and oxygen atoms in total. The van der Waals surface area contributed by atoms with Gasteiger partial charge in [0.15, 0.2) is 0 Å². The third kappa shape index (κ3) is 3.49. The molecule has 0 radical (unpaired) electrons. The molecule has 0 saturated carbocycles. The van der Waals surface area contributed by atoms with E-state index in [9.17, 15) is 0 Å². The van der Waals surface area contributed by atoms with Gasteiger partial charge in [-0.25, -0.2) is 0 Å². The van der Waals surface area contributed by atoms with Crippen molar-refractivity contribution in [2.24, 2.45) is 11.8 Å². The summed E-state index contributed by atoms with van der Waals surface area (Å²) in [6.45, 7) is 14.3. The number of hydrogen-bond acceptors (Lipinski definition) is 0. The molecule has 0 rings (SSSR count). The van der Waals surface area contributed by atoms with Gasteiger partial charge in [0.25, 0.3) is 0 Å². The zero-order valence-electron chi connectivity index (χ0n) is 7.35. The van der Waals surface area contributed by atoms with Gasteiger partial charge >= 0.3 is 0 Å². The first-order valence-electron chi connectivity index (χ1n) is 3.88. The Labute approximate surface area is 64.6 Å². The van der Waals surface area contributed by atoms with E-state index in [0.717, 1.165) is 12.3 Å². The first-order chi connectivity index (χ1) is 4.57. The van der Waals surface area contributed by atoms with Crippen LogP contribution in [0, 0.1) is 11.8 Å². The van der Waals surface area contributed by atoms with Gasteiger partial charge in [-0.2, -0.15) is 0 Å². The van der Waals surface area contributed by atoms with Crippen LogP contribution in [0.2, 0.25) is 0 Å². The highest BCUT2D eigenvalue weighted by atomic mass is 14.1. The smallest absolute Gasteiger partial charge is 0.00569 e. The first kappa shape index (κ1) is 9.48. The van der Waals surface area contributed by atoms with Crippen LogP contribution < -0.4 is 0 Å². The standard InChI is InChI=1S/C10H18/c1-6-9(4)10(5)7-8(2)3/h6,8-9H,1,5,7H2,2-4H3. The lowest BCUT2D eigenvalue weighted by atomic mass is 9.94. The largest absolute Gasteiger partial charge is 0.102 e. The Kier molecular flexibility index (Phi) is 4.10. The van der Waals surface area contributed by atoms with Crippen molar-refractivity contribution in [3.63, 3.8) is 0 Å². The molecule has 0 aliphatic carbocycles. The molecule has 0 fully saturated rings. The molecule has 0 aromatic heterocycles. The van der Waals surface area contributed by atoms with Crippen molar-refractivity contribution in [3.8, 4) is 0 Å². The van der Waals surface area contributed by atoms with Crippen LogP contribution in [0.15, 0.2) is 24.8 Å². The summed E-state index contributed by atoms with van der Waals surface area (Å²) in [5.74, 6) is 1.19. The third-order valence-corrected chi connectivity index (χ3v) is 1.67. The molecule has 10 heavy (non-hydrogen) atoms. The molecule has 1 atom stereocenters. The number of rotatable bonds is 4. The van der Waals surface area contributed by atoms with Gasteiger partial charge in [-0.15, -0.1) is 6.58 Å². The predicted molar refractivity (Wildman–Crippen MR) is 48.0 cm³/mol. The molecule has 0 saturated heterocycles. The highest BCUT2D eigenvalue weighted by Crippen LogP contribution is 2.17. The van der Waals surface area contributed by atoms with Crippen molar-refractivity contribution in [2.45, 2.75) is 27.2 Å². The van der Waals surface area contributed by atoms with Crippen LogP contribution in [0.3, 0.4) is 0 Å². The Morgan fingerprint density at radius 1 is 1.40 bits per heavy atom. The molecular formula is C10H18. The minimum atomic E-state index is 0.474. The molecule has 0 aromatic carbocycles. The highest BCUT2D eigenvalue weighted by molar-refractivity contribution is 5.06. The molecule has 0 N–H and O–H groups in total. The van der Waals surface area contributed by atoms with Crippen LogP contribution in [0.5, 0.6) is 0 Å². The van der Waals surface area contributed by atoms with Crippen LogP contribution in [0.4, 0.5) is 0 Å². The van der Waals surface area contributed by atoms with Gasteiger partial charge < -0.3 is 0 Å². The molecule has 0 aromatic rings. The maximum atomic E-state index is 3.99. The van der Waals surface area contributed by atoms with Gasteiger partial charge in [-0.1, -0.05) is 39.0 Å². The maximum Gasteiger partial charge on any atom is -0.00569 e. The van der Waals surface area contributed by atoms with Crippen LogP contribution in [-0.2, 0) is 0 Å². The molecule has 0 spiro atoms. The fraction of sp³-hybridized carbons (Fsp3) is 0.600. The molecular weight excluding hydrogens is 120 g/mol. The van der Waals surface area contributed by atoms with Crippen LogP contribution in [0.1, 0.15) is 27.2 Å². The summed E-state index contributed by atoms with van der Waals surface area (Å²) < 4.78 is 0. The maximum absolute atomic E-state index is 3.99. The third-order valence-electron chi connectivity index (χ3n) is 1.67. The molecule has 0 heterocycles. The van der Waals surface area contributed by atoms with Gasteiger partial charge in [-0.05, 0) is 18.3 Å². The molecule has 0 aliphatic rings. The van der Waals surface area contributed by atoms with E-state index in [0.29, 0.717) is 5.92 Å². The van der Waals surface area contributed by atoms with Gasteiger partial charge in [0.2, 0.25) is 0 Å². The first-order valence-corrected chi connectivity index (χ1v) is 3.88. The van der Waals surface area contributed by atoms with Gasteiger partial charge in [0, 0.05) is 0 Å². The van der Waals surface area contributed by atoms with Gasteiger partial charge in [-0.3, -0.25) is 0 Å². The minimum absolute atomic E-state index is 0.474. The van der Waals surface area contributed by atoms with E-state index in [4.69, 9.17) is 0 Å². The second-order valence-corrected chi connectivity index (χ2v) is 3.28. The monoisotopic (exact) mass is 138 g/mol. The lowest BCUT2D eigenvalue weighted by Gasteiger charge is -2.11. The normalized spacial score (nSPS) is 13.2. The van der Waals surface area contributed by atoms with E-state index >= 15 is 0 Å². The zero-order chi connectivity index (χ0) is 8.15. The summed E-state index contributed by atoms with van der Waals surface area (Å²) in [5, 5.41) is 0. The summed E-state index contributed by atoms with van der Waals surface area (Å²) in [5.41, 5.74) is 1.30. The molecule has 0 aliphatic heterocycles. The van der Waals surface area contributed by atoms with Crippen LogP contribution >= 0.6 is 0 Å². The highest BCUT2D eigenvalue weighted by Gasteiger charge is 2.03. The Balaban J connectivity index is 3.73. The molecule has 0 amide bonds. The zero-order valence-corrected chi connectivity index (χ0v) is 7.35. The van der Waals surface area contributed by atoms with Crippen LogP contribution in [0.25, 0.3) is 0 Å². The fourth-order valence-corrected chi connectivity index (χ4v) is 0.877. The lowest BCUT2D eigenvalue weighted by Crippen LogP contribution is -1.97. The van der Waals surface area contributed by atoms with Crippen LogP contribution in [-0.4, -0.2) is 0 Å². The SMILES string of the molecule is C=CC(C)C(=C)CC(C)C. The van der Waals surface area contributed by atoms with Crippen molar-refractivity contribution in [3.05, 3.63) is 24.8 Å². The Bertz CT molecular complexity index is 120. The van der Waals surface area contributed by atoms with Crippen molar-refractivity contribution in [1.29, 1.82) is 0 Å². The molecule has 58 valence electrons. The molecule has 1 unspecified atom stereocenters. The molecule has 0 bridgehead atoms. The Morgan fingerprint density at radius 2 is 1.90 bits per heavy atom.